The Bertz CT molecular complexity index is 927. The third kappa shape index (κ3) is 3.69. The summed E-state index contributed by atoms with van der Waals surface area (Å²) < 4.78 is 47.2. The summed E-state index contributed by atoms with van der Waals surface area (Å²) in [5, 5.41) is 0. The predicted octanol–water partition coefficient (Wildman–Crippen LogP) is 3.25. The number of alkyl halides is 3. The first-order valence-electron chi connectivity index (χ1n) is 10.5. The van der Waals surface area contributed by atoms with Crippen LogP contribution in [0.3, 0.4) is 0 Å². The summed E-state index contributed by atoms with van der Waals surface area (Å²) >= 11 is 0. The molecule has 9 heteroatoms. The van der Waals surface area contributed by atoms with E-state index in [1.54, 1.807) is 7.11 Å². The van der Waals surface area contributed by atoms with Crippen LogP contribution in [0.15, 0.2) is 18.5 Å². The molecular formula is C21H26F3N5O. The Labute approximate surface area is 173 Å². The normalized spacial score (nSPS) is 26.2. The van der Waals surface area contributed by atoms with Gasteiger partial charge in [0, 0.05) is 57.2 Å². The Balaban J connectivity index is 1.41. The number of pyridine rings is 1. The Kier molecular flexibility index (Phi) is 4.77. The van der Waals surface area contributed by atoms with E-state index in [0.29, 0.717) is 35.1 Å². The Hall–Kier alpha value is -2.13. The van der Waals surface area contributed by atoms with E-state index in [1.807, 2.05) is 6.20 Å². The fraction of sp³-hybridized carbons (Fsp3) is 0.619. The van der Waals surface area contributed by atoms with E-state index in [1.165, 1.54) is 19.0 Å². The van der Waals surface area contributed by atoms with Crippen molar-refractivity contribution >= 4 is 5.82 Å². The van der Waals surface area contributed by atoms with Crippen molar-refractivity contribution in [1.82, 2.24) is 19.4 Å². The molecule has 5 rings (SSSR count). The minimum Gasteiger partial charge on any atom is -0.383 e. The number of aromatic nitrogens is 3. The minimum absolute atomic E-state index is 0.361. The summed E-state index contributed by atoms with van der Waals surface area (Å²) in [7, 11) is 1.72. The van der Waals surface area contributed by atoms with Crippen LogP contribution in [0.5, 0.6) is 0 Å². The van der Waals surface area contributed by atoms with E-state index in [4.69, 9.17) is 15.5 Å². The van der Waals surface area contributed by atoms with Gasteiger partial charge in [-0.2, -0.15) is 13.2 Å². The van der Waals surface area contributed by atoms with Gasteiger partial charge < -0.3 is 19.9 Å². The topological polar surface area (TPSA) is 69.2 Å². The quantitative estimate of drug-likeness (QED) is 0.743. The molecule has 30 heavy (non-hydrogen) atoms. The molecule has 3 atom stereocenters. The van der Waals surface area contributed by atoms with Crippen LogP contribution in [0.1, 0.15) is 30.3 Å². The monoisotopic (exact) mass is 421 g/mol. The van der Waals surface area contributed by atoms with E-state index in [9.17, 15) is 13.2 Å². The lowest BCUT2D eigenvalue weighted by molar-refractivity contribution is -0.137. The second-order valence-corrected chi connectivity index (χ2v) is 8.82. The molecule has 0 bridgehead atoms. The number of fused-ring (bicyclic) bond motifs is 1. The fourth-order valence-corrected chi connectivity index (χ4v) is 4.80. The highest BCUT2D eigenvalue weighted by atomic mass is 19.4. The number of rotatable bonds is 7. The van der Waals surface area contributed by atoms with Gasteiger partial charge in [-0.15, -0.1) is 0 Å². The van der Waals surface area contributed by atoms with Gasteiger partial charge in [-0.3, -0.25) is 0 Å². The first-order valence-corrected chi connectivity index (χ1v) is 10.5. The lowest BCUT2D eigenvalue weighted by Gasteiger charge is -2.20. The van der Waals surface area contributed by atoms with E-state index >= 15 is 0 Å². The molecule has 0 spiro atoms. The molecule has 1 saturated heterocycles. The number of anilines is 1. The SMILES string of the molecule is COCCN1C[C@@H]2[C@H](C1)[C@H]2n1cc(-c2cnc(N)c(C(F)(F)F)c2)nc1CC1CC1. The van der Waals surface area contributed by atoms with Crippen LogP contribution in [0, 0.1) is 17.8 Å². The van der Waals surface area contributed by atoms with Gasteiger partial charge >= 0.3 is 6.18 Å². The zero-order chi connectivity index (χ0) is 21.0. The van der Waals surface area contributed by atoms with E-state index in [2.05, 4.69) is 14.5 Å². The number of nitrogens with two attached hydrogens (primary N) is 1. The lowest BCUT2D eigenvalue weighted by atomic mass is 10.1. The van der Waals surface area contributed by atoms with Crippen LogP contribution in [0.2, 0.25) is 0 Å². The minimum atomic E-state index is -4.54. The molecule has 2 aliphatic carbocycles. The standard InChI is InChI=1S/C21H26F3N5O/c1-30-5-4-28-9-14-15(10-28)19(14)29-11-17(27-18(29)6-12-2-3-12)13-7-16(21(22,23)24)20(25)26-8-13/h7-8,11-12,14-15,19H,2-6,9-10H2,1H3,(H2,25,26)/t14-,15+,19+. The summed E-state index contributed by atoms with van der Waals surface area (Å²) in [5.41, 5.74) is 5.46. The molecule has 2 N–H and O–H groups in total. The van der Waals surface area contributed by atoms with Crippen LogP contribution in [-0.4, -0.2) is 52.8 Å². The van der Waals surface area contributed by atoms with Gasteiger partial charge in [-0.25, -0.2) is 9.97 Å². The summed E-state index contributed by atoms with van der Waals surface area (Å²) in [4.78, 5) is 11.0. The summed E-state index contributed by atoms with van der Waals surface area (Å²) in [5.74, 6) is 2.29. The predicted molar refractivity (Wildman–Crippen MR) is 106 cm³/mol. The van der Waals surface area contributed by atoms with Crippen molar-refractivity contribution in [2.45, 2.75) is 31.5 Å². The number of hydrogen-bond donors (Lipinski definition) is 1. The molecular weight excluding hydrogens is 395 g/mol. The number of methoxy groups -OCH3 is 1. The van der Waals surface area contributed by atoms with E-state index in [-0.39, 0.29) is 0 Å². The van der Waals surface area contributed by atoms with Gasteiger partial charge in [-0.1, -0.05) is 0 Å². The third-order valence-electron chi connectivity index (χ3n) is 6.65. The van der Waals surface area contributed by atoms with Gasteiger partial charge in [0.1, 0.15) is 11.6 Å². The average molecular weight is 421 g/mol. The highest BCUT2D eigenvalue weighted by Crippen LogP contribution is 2.56. The molecule has 2 saturated carbocycles. The molecule has 0 radical (unpaired) electrons. The van der Waals surface area contributed by atoms with Crippen molar-refractivity contribution in [2.75, 3.05) is 39.1 Å². The highest BCUT2D eigenvalue weighted by molar-refractivity contribution is 5.62. The van der Waals surface area contributed by atoms with Gasteiger partial charge in [0.2, 0.25) is 0 Å². The second-order valence-electron chi connectivity index (χ2n) is 8.82. The van der Waals surface area contributed by atoms with Crippen LogP contribution in [-0.2, 0) is 17.3 Å². The Morgan fingerprint density at radius 3 is 2.60 bits per heavy atom. The fourth-order valence-electron chi connectivity index (χ4n) is 4.80. The van der Waals surface area contributed by atoms with Gasteiger partial charge in [0.15, 0.2) is 0 Å². The Morgan fingerprint density at radius 1 is 1.23 bits per heavy atom. The second kappa shape index (κ2) is 7.23. The van der Waals surface area contributed by atoms with Crippen LogP contribution in [0.25, 0.3) is 11.3 Å². The molecule has 3 fully saturated rings. The molecule has 0 amide bonds. The number of ether oxygens (including phenoxy) is 1. The molecule has 0 aromatic carbocycles. The van der Waals surface area contributed by atoms with Crippen molar-refractivity contribution in [1.29, 1.82) is 0 Å². The zero-order valence-corrected chi connectivity index (χ0v) is 16.9. The third-order valence-corrected chi connectivity index (χ3v) is 6.65. The summed E-state index contributed by atoms with van der Waals surface area (Å²) in [6.07, 6.45) is 2.06. The van der Waals surface area contributed by atoms with Crippen LogP contribution >= 0.6 is 0 Å². The average Bonchev–Trinajstić information content (AvgIpc) is 3.54. The number of imidazole rings is 1. The molecule has 3 aliphatic rings. The maximum Gasteiger partial charge on any atom is 0.419 e. The van der Waals surface area contributed by atoms with Crippen LogP contribution in [0.4, 0.5) is 19.0 Å². The van der Waals surface area contributed by atoms with E-state index < -0.39 is 17.6 Å². The molecule has 1 aliphatic heterocycles. The maximum absolute atomic E-state index is 13.3. The van der Waals surface area contributed by atoms with Crippen LogP contribution < -0.4 is 5.73 Å². The molecule has 2 aromatic rings. The van der Waals surface area contributed by atoms with Crippen molar-refractivity contribution in [3.63, 3.8) is 0 Å². The van der Waals surface area contributed by atoms with Crippen molar-refractivity contribution < 1.29 is 17.9 Å². The first-order chi connectivity index (χ1) is 14.3. The van der Waals surface area contributed by atoms with Gasteiger partial charge in [-0.05, 0) is 36.7 Å². The van der Waals surface area contributed by atoms with Crippen molar-refractivity contribution in [3.8, 4) is 11.3 Å². The number of hydrogen-bond acceptors (Lipinski definition) is 5. The van der Waals surface area contributed by atoms with Crippen molar-refractivity contribution in [3.05, 3.63) is 29.8 Å². The molecule has 2 aromatic heterocycles. The van der Waals surface area contributed by atoms with E-state index in [0.717, 1.165) is 44.6 Å². The summed E-state index contributed by atoms with van der Waals surface area (Å²) in [6, 6.07) is 1.46. The largest absolute Gasteiger partial charge is 0.419 e. The zero-order valence-electron chi connectivity index (χ0n) is 16.9. The number of nitrogen functional groups attached to an aromatic ring is 1. The van der Waals surface area contributed by atoms with Gasteiger partial charge in [0.25, 0.3) is 0 Å². The number of likely N-dealkylation sites (tertiary alicyclic amines) is 1. The Morgan fingerprint density at radius 2 is 1.97 bits per heavy atom. The van der Waals surface area contributed by atoms with Crippen molar-refractivity contribution in [2.24, 2.45) is 17.8 Å². The molecule has 6 nitrogen and oxygen atoms in total. The maximum atomic E-state index is 13.3. The first kappa shape index (κ1) is 19.8. The number of nitrogens with zero attached hydrogens (tertiary/aromatic N) is 4. The number of piperidine rings is 1. The lowest BCUT2D eigenvalue weighted by Crippen LogP contribution is -2.28. The highest BCUT2D eigenvalue weighted by Gasteiger charge is 2.57. The molecule has 3 heterocycles. The smallest absolute Gasteiger partial charge is 0.383 e. The number of halogens is 3. The van der Waals surface area contributed by atoms with Gasteiger partial charge in [0.05, 0.1) is 17.9 Å². The molecule has 162 valence electrons. The summed E-state index contributed by atoms with van der Waals surface area (Å²) in [6.45, 7) is 3.75. The molecule has 0 unspecified atom stereocenters.